The number of rotatable bonds is 4. The lowest BCUT2D eigenvalue weighted by molar-refractivity contribution is 0.0993. The van der Waals surface area contributed by atoms with Crippen LogP contribution in [0.4, 0.5) is 0 Å². The van der Waals surface area contributed by atoms with E-state index in [0.29, 0.717) is 12.0 Å². The molecule has 0 unspecified atom stereocenters. The van der Waals surface area contributed by atoms with E-state index in [-0.39, 0.29) is 11.3 Å². The Kier molecular flexibility index (Phi) is 4.20. The number of nitrogens with zero attached hydrogens (tertiary/aromatic N) is 1. The first-order valence-corrected chi connectivity index (χ1v) is 7.48. The van der Waals surface area contributed by atoms with Crippen molar-refractivity contribution in [2.24, 2.45) is 7.05 Å². The van der Waals surface area contributed by atoms with Gasteiger partial charge in [-0.2, -0.15) is 0 Å². The molecule has 0 atom stereocenters. The fourth-order valence-corrected chi connectivity index (χ4v) is 2.50. The Labute approximate surface area is 134 Å². The number of hydrogen-bond donors (Lipinski definition) is 0. The van der Waals surface area contributed by atoms with Crippen LogP contribution in [-0.4, -0.2) is 10.4 Å². The second kappa shape index (κ2) is 6.44. The van der Waals surface area contributed by atoms with Crippen molar-refractivity contribution >= 4 is 5.78 Å². The number of benzene rings is 2. The van der Waals surface area contributed by atoms with Gasteiger partial charge in [-0.1, -0.05) is 54.6 Å². The number of aromatic nitrogens is 1. The van der Waals surface area contributed by atoms with E-state index >= 15 is 0 Å². The molecule has 23 heavy (non-hydrogen) atoms. The van der Waals surface area contributed by atoms with Crippen LogP contribution in [0.1, 0.15) is 15.9 Å². The molecule has 114 valence electrons. The molecule has 3 aromatic rings. The van der Waals surface area contributed by atoms with Crippen molar-refractivity contribution in [1.29, 1.82) is 0 Å². The highest BCUT2D eigenvalue weighted by molar-refractivity contribution is 5.97. The molecule has 0 spiro atoms. The Hall–Kier alpha value is -2.94. The van der Waals surface area contributed by atoms with Gasteiger partial charge in [-0.15, -0.1) is 0 Å². The van der Waals surface area contributed by atoms with Crippen LogP contribution >= 0.6 is 0 Å². The zero-order valence-corrected chi connectivity index (χ0v) is 12.9. The highest BCUT2D eigenvalue weighted by Gasteiger charge is 2.07. The molecule has 3 rings (SSSR count). The van der Waals surface area contributed by atoms with Gasteiger partial charge < -0.3 is 4.57 Å². The first-order chi connectivity index (χ1) is 11.1. The lowest BCUT2D eigenvalue weighted by atomic mass is 10.00. The second-order valence-electron chi connectivity index (χ2n) is 5.53. The smallest absolute Gasteiger partial charge is 0.250 e. The minimum absolute atomic E-state index is 0.0385. The number of aryl methyl sites for hydroxylation is 1. The average molecular weight is 303 g/mol. The molecule has 0 amide bonds. The number of pyridine rings is 1. The van der Waals surface area contributed by atoms with Gasteiger partial charge in [0.25, 0.3) is 0 Å². The summed E-state index contributed by atoms with van der Waals surface area (Å²) in [6.45, 7) is 0. The van der Waals surface area contributed by atoms with Gasteiger partial charge in [0.05, 0.1) is 0 Å². The fraction of sp³-hybridized carbons (Fsp3) is 0.100. The summed E-state index contributed by atoms with van der Waals surface area (Å²) in [5.74, 6) is 0.100. The molecule has 0 aliphatic heterocycles. The van der Waals surface area contributed by atoms with Crippen LogP contribution in [0.3, 0.4) is 0 Å². The third-order valence-electron chi connectivity index (χ3n) is 3.83. The van der Waals surface area contributed by atoms with Crippen LogP contribution in [0.2, 0.25) is 0 Å². The van der Waals surface area contributed by atoms with Gasteiger partial charge in [0.2, 0.25) is 5.56 Å². The second-order valence-corrected chi connectivity index (χ2v) is 5.53. The SMILES string of the molecule is Cn1cc(-c2ccc(C(=O)Cc3ccccc3)cc2)ccc1=O. The molecule has 0 N–H and O–H groups in total. The first kappa shape index (κ1) is 15.0. The van der Waals surface area contributed by atoms with Crippen molar-refractivity contribution in [1.82, 2.24) is 4.57 Å². The highest BCUT2D eigenvalue weighted by Crippen LogP contribution is 2.19. The minimum Gasteiger partial charge on any atom is -0.318 e. The zero-order valence-electron chi connectivity index (χ0n) is 12.9. The molecule has 0 bridgehead atoms. The lowest BCUT2D eigenvalue weighted by Gasteiger charge is -2.06. The quantitative estimate of drug-likeness (QED) is 0.692. The van der Waals surface area contributed by atoms with Crippen molar-refractivity contribution < 1.29 is 4.79 Å². The Morgan fingerprint density at radius 1 is 0.870 bits per heavy atom. The molecule has 0 aliphatic rings. The molecular weight excluding hydrogens is 286 g/mol. The number of hydrogen-bond acceptors (Lipinski definition) is 2. The molecule has 3 heteroatoms. The fourth-order valence-electron chi connectivity index (χ4n) is 2.50. The predicted octanol–water partition coefficient (Wildman–Crippen LogP) is 3.48. The summed E-state index contributed by atoms with van der Waals surface area (Å²) in [6, 6.07) is 20.6. The maximum atomic E-state index is 12.3. The van der Waals surface area contributed by atoms with Crippen LogP contribution in [-0.2, 0) is 13.5 Å². The van der Waals surface area contributed by atoms with Gasteiger partial charge >= 0.3 is 0 Å². The maximum Gasteiger partial charge on any atom is 0.250 e. The van der Waals surface area contributed by atoms with Crippen LogP contribution < -0.4 is 5.56 Å². The predicted molar refractivity (Wildman–Crippen MR) is 91.6 cm³/mol. The van der Waals surface area contributed by atoms with E-state index in [0.717, 1.165) is 16.7 Å². The summed E-state index contributed by atoms with van der Waals surface area (Å²) >= 11 is 0. The number of carbonyl (C=O) groups is 1. The molecular formula is C20H17NO2. The van der Waals surface area contributed by atoms with Gasteiger partial charge in [-0.05, 0) is 22.8 Å². The summed E-state index contributed by atoms with van der Waals surface area (Å²) in [4.78, 5) is 23.8. The normalized spacial score (nSPS) is 10.5. The monoisotopic (exact) mass is 303 g/mol. The molecule has 0 fully saturated rings. The largest absolute Gasteiger partial charge is 0.318 e. The van der Waals surface area contributed by atoms with Gasteiger partial charge in [-0.25, -0.2) is 0 Å². The first-order valence-electron chi connectivity index (χ1n) is 7.48. The van der Waals surface area contributed by atoms with E-state index in [1.54, 1.807) is 29.9 Å². The van der Waals surface area contributed by atoms with Crippen molar-refractivity contribution in [3.8, 4) is 11.1 Å². The number of ketones is 1. The summed E-state index contributed by atoms with van der Waals surface area (Å²) in [7, 11) is 1.73. The van der Waals surface area contributed by atoms with Crippen LogP contribution in [0.5, 0.6) is 0 Å². The Morgan fingerprint density at radius 3 is 2.17 bits per heavy atom. The van der Waals surface area contributed by atoms with Gasteiger partial charge in [0, 0.05) is 31.3 Å². The van der Waals surface area contributed by atoms with E-state index < -0.39 is 0 Å². The van der Waals surface area contributed by atoms with E-state index in [9.17, 15) is 9.59 Å². The van der Waals surface area contributed by atoms with Crippen molar-refractivity contribution in [3.63, 3.8) is 0 Å². The van der Waals surface area contributed by atoms with Gasteiger partial charge in [0.15, 0.2) is 5.78 Å². The van der Waals surface area contributed by atoms with E-state index in [4.69, 9.17) is 0 Å². The van der Waals surface area contributed by atoms with Gasteiger partial charge in [-0.3, -0.25) is 9.59 Å². The van der Waals surface area contributed by atoms with E-state index in [2.05, 4.69) is 0 Å². The molecule has 2 aromatic carbocycles. The molecule has 3 nitrogen and oxygen atoms in total. The summed E-state index contributed by atoms with van der Waals surface area (Å²) in [5, 5.41) is 0. The Bertz CT molecular complexity index is 878. The topological polar surface area (TPSA) is 39.1 Å². The Morgan fingerprint density at radius 2 is 1.52 bits per heavy atom. The summed E-state index contributed by atoms with van der Waals surface area (Å²) in [6.07, 6.45) is 2.20. The van der Waals surface area contributed by atoms with Crippen LogP contribution in [0, 0.1) is 0 Å². The van der Waals surface area contributed by atoms with E-state index in [1.165, 1.54) is 0 Å². The molecule has 1 aromatic heterocycles. The maximum absolute atomic E-state index is 12.3. The number of carbonyl (C=O) groups excluding carboxylic acids is 1. The van der Waals surface area contributed by atoms with Gasteiger partial charge in [0.1, 0.15) is 0 Å². The molecule has 0 aliphatic carbocycles. The standard InChI is InChI=1S/C20H17NO2/c1-21-14-18(11-12-20(21)23)16-7-9-17(10-8-16)19(22)13-15-5-3-2-4-6-15/h2-12,14H,13H2,1H3. The number of Topliss-reactive ketones (excluding diaryl/α,β-unsaturated/α-hetero) is 1. The minimum atomic E-state index is -0.0385. The van der Waals surface area contributed by atoms with E-state index in [1.807, 2.05) is 54.6 Å². The van der Waals surface area contributed by atoms with Crippen LogP contribution in [0.15, 0.2) is 77.7 Å². The third kappa shape index (κ3) is 3.46. The zero-order chi connectivity index (χ0) is 16.2. The molecule has 0 radical (unpaired) electrons. The highest BCUT2D eigenvalue weighted by atomic mass is 16.1. The van der Waals surface area contributed by atoms with Crippen molar-refractivity contribution in [3.05, 3.63) is 94.4 Å². The summed E-state index contributed by atoms with van der Waals surface area (Å²) < 4.78 is 1.55. The third-order valence-corrected chi connectivity index (χ3v) is 3.83. The summed E-state index contributed by atoms with van der Waals surface area (Å²) in [5.41, 5.74) is 3.61. The molecule has 1 heterocycles. The average Bonchev–Trinajstić information content (AvgIpc) is 2.58. The molecule has 0 saturated carbocycles. The Balaban J connectivity index is 1.80. The van der Waals surface area contributed by atoms with Crippen molar-refractivity contribution in [2.75, 3.05) is 0 Å². The molecule has 0 saturated heterocycles. The van der Waals surface area contributed by atoms with Crippen LogP contribution in [0.25, 0.3) is 11.1 Å². The lowest BCUT2D eigenvalue weighted by Crippen LogP contribution is -2.13. The van der Waals surface area contributed by atoms with Crippen molar-refractivity contribution in [2.45, 2.75) is 6.42 Å².